The molecule has 90 valence electrons. The van der Waals surface area contributed by atoms with Crippen LogP contribution in [0.15, 0.2) is 22.7 Å². The Balaban J connectivity index is 2.87. The van der Waals surface area contributed by atoms with Gasteiger partial charge in [-0.3, -0.25) is 0 Å². The summed E-state index contributed by atoms with van der Waals surface area (Å²) in [6.07, 6.45) is 1.06. The standard InChI is InChI=1S/C13H19BrFN/c1-4-16-13(7-9(2)3)10-5-6-12(15)11(14)8-10/h5-6,8-9,13,16H,4,7H2,1-3H3. The highest BCUT2D eigenvalue weighted by Crippen LogP contribution is 2.25. The molecule has 0 saturated carbocycles. The maximum absolute atomic E-state index is 13.1. The lowest BCUT2D eigenvalue weighted by Crippen LogP contribution is -2.22. The zero-order valence-electron chi connectivity index (χ0n) is 10.1. The number of hydrogen-bond donors (Lipinski definition) is 1. The Hall–Kier alpha value is -0.410. The summed E-state index contributed by atoms with van der Waals surface area (Å²) in [5.74, 6) is 0.413. The van der Waals surface area contributed by atoms with E-state index in [1.165, 1.54) is 6.07 Å². The van der Waals surface area contributed by atoms with Crippen molar-refractivity contribution in [3.63, 3.8) is 0 Å². The summed E-state index contributed by atoms with van der Waals surface area (Å²) >= 11 is 3.23. The molecule has 0 aliphatic heterocycles. The number of nitrogens with one attached hydrogen (secondary N) is 1. The average molecular weight is 288 g/mol. The minimum Gasteiger partial charge on any atom is -0.310 e. The normalized spacial score (nSPS) is 13.1. The Morgan fingerprint density at radius 2 is 2.06 bits per heavy atom. The fourth-order valence-electron chi connectivity index (χ4n) is 1.78. The quantitative estimate of drug-likeness (QED) is 0.852. The van der Waals surface area contributed by atoms with E-state index in [4.69, 9.17) is 0 Å². The highest BCUT2D eigenvalue weighted by Gasteiger charge is 2.13. The van der Waals surface area contributed by atoms with Gasteiger partial charge in [-0.15, -0.1) is 0 Å². The Kier molecular flexibility index (Phi) is 5.42. The summed E-state index contributed by atoms with van der Waals surface area (Å²) in [6.45, 7) is 7.41. The number of halogens is 2. The molecule has 1 atom stereocenters. The Morgan fingerprint density at radius 3 is 2.56 bits per heavy atom. The van der Waals surface area contributed by atoms with Crippen molar-refractivity contribution in [2.45, 2.75) is 33.2 Å². The number of benzene rings is 1. The van der Waals surface area contributed by atoms with Crippen LogP contribution in [0.4, 0.5) is 4.39 Å². The van der Waals surface area contributed by atoms with Crippen molar-refractivity contribution in [1.82, 2.24) is 5.32 Å². The van der Waals surface area contributed by atoms with Gasteiger partial charge in [0.15, 0.2) is 0 Å². The monoisotopic (exact) mass is 287 g/mol. The zero-order chi connectivity index (χ0) is 12.1. The van der Waals surface area contributed by atoms with E-state index < -0.39 is 0 Å². The predicted octanol–water partition coefficient (Wildman–Crippen LogP) is 4.28. The summed E-state index contributed by atoms with van der Waals surface area (Å²) in [7, 11) is 0. The number of rotatable bonds is 5. The second-order valence-corrected chi connectivity index (χ2v) is 5.27. The van der Waals surface area contributed by atoms with Crippen LogP contribution < -0.4 is 5.32 Å². The molecule has 3 heteroatoms. The zero-order valence-corrected chi connectivity index (χ0v) is 11.6. The SMILES string of the molecule is CCNC(CC(C)C)c1ccc(F)c(Br)c1. The van der Waals surface area contributed by atoms with E-state index in [9.17, 15) is 4.39 Å². The molecule has 16 heavy (non-hydrogen) atoms. The van der Waals surface area contributed by atoms with Crippen molar-refractivity contribution in [2.24, 2.45) is 5.92 Å². The van der Waals surface area contributed by atoms with E-state index >= 15 is 0 Å². The molecule has 1 unspecified atom stereocenters. The highest BCUT2D eigenvalue weighted by molar-refractivity contribution is 9.10. The van der Waals surface area contributed by atoms with Crippen LogP contribution in [0.25, 0.3) is 0 Å². The smallest absolute Gasteiger partial charge is 0.137 e. The lowest BCUT2D eigenvalue weighted by atomic mass is 9.97. The van der Waals surface area contributed by atoms with Crippen LogP contribution in [0.3, 0.4) is 0 Å². The summed E-state index contributed by atoms with van der Waals surface area (Å²) in [4.78, 5) is 0. The summed E-state index contributed by atoms with van der Waals surface area (Å²) in [6, 6.07) is 5.55. The van der Waals surface area contributed by atoms with E-state index in [2.05, 4.69) is 42.0 Å². The van der Waals surface area contributed by atoms with Gasteiger partial charge in [-0.25, -0.2) is 4.39 Å². The molecule has 1 aromatic carbocycles. The van der Waals surface area contributed by atoms with Crippen LogP contribution in [-0.2, 0) is 0 Å². The van der Waals surface area contributed by atoms with Crippen molar-refractivity contribution >= 4 is 15.9 Å². The highest BCUT2D eigenvalue weighted by atomic mass is 79.9. The maximum Gasteiger partial charge on any atom is 0.137 e. The van der Waals surface area contributed by atoms with Crippen LogP contribution in [0, 0.1) is 11.7 Å². The third-order valence-electron chi connectivity index (χ3n) is 2.50. The van der Waals surface area contributed by atoms with Gasteiger partial charge >= 0.3 is 0 Å². The van der Waals surface area contributed by atoms with Crippen molar-refractivity contribution in [2.75, 3.05) is 6.54 Å². The van der Waals surface area contributed by atoms with Gasteiger partial charge in [0, 0.05) is 6.04 Å². The molecule has 0 bridgehead atoms. The van der Waals surface area contributed by atoms with Gasteiger partial charge in [0.25, 0.3) is 0 Å². The van der Waals surface area contributed by atoms with E-state index in [0.29, 0.717) is 16.4 Å². The summed E-state index contributed by atoms with van der Waals surface area (Å²) < 4.78 is 13.7. The predicted molar refractivity (Wildman–Crippen MR) is 70.0 cm³/mol. The molecule has 0 radical (unpaired) electrons. The molecule has 0 heterocycles. The van der Waals surface area contributed by atoms with Crippen LogP contribution in [0.5, 0.6) is 0 Å². The fourth-order valence-corrected chi connectivity index (χ4v) is 2.18. The average Bonchev–Trinajstić information content (AvgIpc) is 2.21. The van der Waals surface area contributed by atoms with Gasteiger partial charge in [-0.2, -0.15) is 0 Å². The molecule has 0 aromatic heterocycles. The molecule has 1 nitrogen and oxygen atoms in total. The molecule has 0 aliphatic carbocycles. The van der Waals surface area contributed by atoms with Gasteiger partial charge in [0.05, 0.1) is 4.47 Å². The molecule has 0 saturated heterocycles. The molecule has 1 rings (SSSR count). The maximum atomic E-state index is 13.1. The third kappa shape index (κ3) is 3.87. The Morgan fingerprint density at radius 1 is 1.38 bits per heavy atom. The van der Waals surface area contributed by atoms with Crippen molar-refractivity contribution in [1.29, 1.82) is 0 Å². The van der Waals surface area contributed by atoms with Gasteiger partial charge in [-0.1, -0.05) is 26.8 Å². The first kappa shape index (κ1) is 13.7. The minimum atomic E-state index is -0.205. The van der Waals surface area contributed by atoms with E-state index in [0.717, 1.165) is 18.5 Å². The Bertz CT molecular complexity index is 339. The van der Waals surface area contributed by atoms with E-state index in [1.54, 1.807) is 0 Å². The molecular weight excluding hydrogens is 269 g/mol. The summed E-state index contributed by atoms with van der Waals surface area (Å²) in [5.41, 5.74) is 1.14. The van der Waals surface area contributed by atoms with E-state index in [1.807, 2.05) is 12.1 Å². The molecule has 1 N–H and O–H groups in total. The molecule has 0 aliphatic rings. The van der Waals surface area contributed by atoms with Gasteiger partial charge in [0.2, 0.25) is 0 Å². The summed E-state index contributed by atoms with van der Waals surface area (Å²) in [5, 5.41) is 3.43. The van der Waals surface area contributed by atoms with Gasteiger partial charge in [0.1, 0.15) is 5.82 Å². The van der Waals surface area contributed by atoms with E-state index in [-0.39, 0.29) is 5.82 Å². The van der Waals surface area contributed by atoms with Crippen molar-refractivity contribution in [3.8, 4) is 0 Å². The first-order valence-corrected chi connectivity index (χ1v) is 6.52. The Labute approximate surface area is 106 Å². The van der Waals surface area contributed by atoms with Gasteiger partial charge in [-0.05, 0) is 52.5 Å². The minimum absolute atomic E-state index is 0.205. The van der Waals surface area contributed by atoms with Crippen LogP contribution in [0.1, 0.15) is 38.8 Å². The topological polar surface area (TPSA) is 12.0 Å². The third-order valence-corrected chi connectivity index (χ3v) is 3.11. The lowest BCUT2D eigenvalue weighted by Gasteiger charge is -2.20. The fraction of sp³-hybridized carbons (Fsp3) is 0.538. The molecule has 0 fully saturated rings. The van der Waals surface area contributed by atoms with Crippen molar-refractivity contribution < 1.29 is 4.39 Å². The van der Waals surface area contributed by atoms with Crippen molar-refractivity contribution in [3.05, 3.63) is 34.1 Å². The lowest BCUT2D eigenvalue weighted by molar-refractivity contribution is 0.438. The molecule has 0 spiro atoms. The van der Waals surface area contributed by atoms with Crippen LogP contribution >= 0.6 is 15.9 Å². The van der Waals surface area contributed by atoms with Crippen LogP contribution in [-0.4, -0.2) is 6.54 Å². The largest absolute Gasteiger partial charge is 0.310 e. The first-order chi connectivity index (χ1) is 7.54. The first-order valence-electron chi connectivity index (χ1n) is 5.73. The molecule has 1 aromatic rings. The second kappa shape index (κ2) is 6.36. The molecule has 0 amide bonds. The molecular formula is C13H19BrFN. The van der Waals surface area contributed by atoms with Crippen LogP contribution in [0.2, 0.25) is 0 Å². The second-order valence-electron chi connectivity index (χ2n) is 4.41. The number of hydrogen-bond acceptors (Lipinski definition) is 1. The van der Waals surface area contributed by atoms with Gasteiger partial charge < -0.3 is 5.32 Å².